The maximum Gasteiger partial charge on any atom is 0.258 e. The van der Waals surface area contributed by atoms with Crippen molar-refractivity contribution >= 4 is 11.8 Å². The van der Waals surface area contributed by atoms with Crippen LogP contribution in [0.3, 0.4) is 0 Å². The van der Waals surface area contributed by atoms with Crippen molar-refractivity contribution in [3.05, 3.63) is 12.0 Å². The molecule has 0 spiro atoms. The van der Waals surface area contributed by atoms with Crippen molar-refractivity contribution in [2.45, 2.75) is 18.6 Å². The molecule has 1 aromatic rings. The lowest BCUT2D eigenvalue weighted by molar-refractivity contribution is 0.278. The van der Waals surface area contributed by atoms with Crippen LogP contribution < -0.4 is 4.74 Å². The van der Waals surface area contributed by atoms with Gasteiger partial charge in [-0.05, 0) is 25.0 Å². The average molecular weight is 226 g/mol. The van der Waals surface area contributed by atoms with Crippen LogP contribution in [-0.4, -0.2) is 27.9 Å². The standard InChI is InChI=1S/C10H14N2O2S/c1-15-6-9-11-4-8(10(13)12-9)14-5-7-2-3-7/h4,7H,2-3,5-6H2,1H3,(H,11,12,13). The van der Waals surface area contributed by atoms with Crippen LogP contribution in [0.1, 0.15) is 18.7 Å². The molecule has 4 nitrogen and oxygen atoms in total. The highest BCUT2D eigenvalue weighted by atomic mass is 32.2. The molecule has 0 saturated heterocycles. The van der Waals surface area contributed by atoms with Crippen LogP contribution >= 0.6 is 11.8 Å². The molecule has 0 radical (unpaired) electrons. The largest absolute Gasteiger partial charge is 0.491 e. The van der Waals surface area contributed by atoms with E-state index in [-0.39, 0.29) is 5.88 Å². The molecule has 0 atom stereocenters. The van der Waals surface area contributed by atoms with Crippen molar-refractivity contribution < 1.29 is 9.84 Å². The monoisotopic (exact) mass is 226 g/mol. The first-order valence-corrected chi connectivity index (χ1v) is 6.35. The van der Waals surface area contributed by atoms with Gasteiger partial charge in [-0.3, -0.25) is 0 Å². The minimum Gasteiger partial charge on any atom is -0.491 e. The Balaban J connectivity index is 1.97. The number of hydrogen-bond donors (Lipinski definition) is 1. The predicted octanol–water partition coefficient (Wildman–Crippen LogP) is 1.83. The maximum absolute atomic E-state index is 9.57. The van der Waals surface area contributed by atoms with Gasteiger partial charge in [0.1, 0.15) is 5.82 Å². The van der Waals surface area contributed by atoms with E-state index in [1.165, 1.54) is 12.8 Å². The molecule has 0 bridgehead atoms. The third kappa shape index (κ3) is 2.99. The summed E-state index contributed by atoms with van der Waals surface area (Å²) in [5.74, 6) is 2.35. The molecular weight excluding hydrogens is 212 g/mol. The molecule has 1 heterocycles. The second kappa shape index (κ2) is 4.70. The Morgan fingerprint density at radius 2 is 2.40 bits per heavy atom. The minimum atomic E-state index is -0.0466. The van der Waals surface area contributed by atoms with E-state index in [2.05, 4.69) is 9.97 Å². The second-order valence-corrected chi connectivity index (χ2v) is 4.53. The van der Waals surface area contributed by atoms with Gasteiger partial charge < -0.3 is 9.84 Å². The van der Waals surface area contributed by atoms with Crippen molar-refractivity contribution in [3.63, 3.8) is 0 Å². The molecule has 0 aromatic carbocycles. The van der Waals surface area contributed by atoms with E-state index in [0.29, 0.717) is 29.9 Å². The highest BCUT2D eigenvalue weighted by Gasteiger charge is 2.22. The molecule has 0 aliphatic heterocycles. The van der Waals surface area contributed by atoms with Crippen LogP contribution in [0, 0.1) is 5.92 Å². The lowest BCUT2D eigenvalue weighted by Gasteiger charge is -2.06. The van der Waals surface area contributed by atoms with E-state index in [4.69, 9.17) is 4.74 Å². The Bertz CT molecular complexity index is 342. The first kappa shape index (κ1) is 10.5. The van der Waals surface area contributed by atoms with Gasteiger partial charge in [0.2, 0.25) is 0 Å². The van der Waals surface area contributed by atoms with Crippen LogP contribution in [0.5, 0.6) is 11.6 Å². The summed E-state index contributed by atoms with van der Waals surface area (Å²) in [6, 6.07) is 0. The van der Waals surface area contributed by atoms with Crippen molar-refractivity contribution in [2.24, 2.45) is 5.92 Å². The van der Waals surface area contributed by atoms with Crippen LogP contribution in [0.4, 0.5) is 0 Å². The van der Waals surface area contributed by atoms with Crippen molar-refractivity contribution in [3.8, 4) is 11.6 Å². The summed E-state index contributed by atoms with van der Waals surface area (Å²) >= 11 is 1.62. The van der Waals surface area contributed by atoms with Gasteiger partial charge in [-0.2, -0.15) is 16.7 Å². The summed E-state index contributed by atoms with van der Waals surface area (Å²) in [5.41, 5.74) is 0. The first-order chi connectivity index (χ1) is 7.29. The van der Waals surface area contributed by atoms with Crippen molar-refractivity contribution in [2.75, 3.05) is 12.9 Å². The number of aromatic hydroxyl groups is 1. The SMILES string of the molecule is CSCc1ncc(OCC2CC2)c(O)n1. The summed E-state index contributed by atoms with van der Waals surface area (Å²) in [7, 11) is 0. The molecule has 0 unspecified atom stereocenters. The molecule has 15 heavy (non-hydrogen) atoms. The van der Waals surface area contributed by atoms with Gasteiger partial charge >= 0.3 is 0 Å². The zero-order valence-corrected chi connectivity index (χ0v) is 9.46. The van der Waals surface area contributed by atoms with Gasteiger partial charge in [0.25, 0.3) is 5.88 Å². The smallest absolute Gasteiger partial charge is 0.258 e. The van der Waals surface area contributed by atoms with Crippen molar-refractivity contribution in [1.82, 2.24) is 9.97 Å². The van der Waals surface area contributed by atoms with E-state index in [9.17, 15) is 5.11 Å². The molecule has 0 amide bonds. The first-order valence-electron chi connectivity index (χ1n) is 4.96. The predicted molar refractivity (Wildman–Crippen MR) is 59.1 cm³/mol. The zero-order chi connectivity index (χ0) is 10.7. The number of ether oxygens (including phenoxy) is 1. The molecule has 1 N–H and O–H groups in total. The summed E-state index contributed by atoms with van der Waals surface area (Å²) in [4.78, 5) is 8.07. The van der Waals surface area contributed by atoms with E-state index >= 15 is 0 Å². The third-order valence-electron chi connectivity index (χ3n) is 2.23. The molecule has 1 saturated carbocycles. The number of hydrogen-bond acceptors (Lipinski definition) is 5. The fourth-order valence-electron chi connectivity index (χ4n) is 1.19. The van der Waals surface area contributed by atoms with Gasteiger partial charge in [0.05, 0.1) is 18.6 Å². The quantitative estimate of drug-likeness (QED) is 0.830. The summed E-state index contributed by atoms with van der Waals surface area (Å²) in [5, 5.41) is 9.57. The third-order valence-corrected chi connectivity index (χ3v) is 2.78. The molecule has 1 aromatic heterocycles. The van der Waals surface area contributed by atoms with Crippen LogP contribution in [0.25, 0.3) is 0 Å². The Labute approximate surface area is 93.1 Å². The number of nitrogens with zero attached hydrogens (tertiary/aromatic N) is 2. The average Bonchev–Trinajstić information content (AvgIpc) is 3.01. The van der Waals surface area contributed by atoms with Gasteiger partial charge in [-0.25, -0.2) is 4.98 Å². The van der Waals surface area contributed by atoms with Crippen molar-refractivity contribution in [1.29, 1.82) is 0 Å². The summed E-state index contributed by atoms with van der Waals surface area (Å²) in [6.45, 7) is 0.665. The molecule has 82 valence electrons. The summed E-state index contributed by atoms with van der Waals surface area (Å²) < 4.78 is 5.41. The number of rotatable bonds is 5. The van der Waals surface area contributed by atoms with Gasteiger partial charge in [-0.15, -0.1) is 0 Å². The minimum absolute atomic E-state index is 0.0466. The van der Waals surface area contributed by atoms with Crippen LogP contribution in [-0.2, 0) is 5.75 Å². The fourth-order valence-corrected chi connectivity index (χ4v) is 1.59. The van der Waals surface area contributed by atoms with E-state index in [0.717, 1.165) is 0 Å². The normalized spacial score (nSPS) is 15.3. The topological polar surface area (TPSA) is 55.2 Å². The van der Waals surface area contributed by atoms with Crippen LogP contribution in [0.15, 0.2) is 6.20 Å². The molecule has 2 rings (SSSR count). The Hall–Kier alpha value is -0.970. The lowest BCUT2D eigenvalue weighted by Crippen LogP contribution is -2.01. The zero-order valence-electron chi connectivity index (χ0n) is 8.64. The molecular formula is C10H14N2O2S. The molecule has 5 heteroatoms. The molecule has 1 aliphatic rings. The Morgan fingerprint density at radius 1 is 1.60 bits per heavy atom. The number of aromatic nitrogens is 2. The van der Waals surface area contributed by atoms with Crippen LogP contribution in [0.2, 0.25) is 0 Å². The van der Waals surface area contributed by atoms with Gasteiger partial charge in [0.15, 0.2) is 5.75 Å². The number of thioether (sulfide) groups is 1. The second-order valence-electron chi connectivity index (χ2n) is 3.66. The van der Waals surface area contributed by atoms with E-state index in [1.807, 2.05) is 6.26 Å². The Morgan fingerprint density at radius 3 is 3.00 bits per heavy atom. The Kier molecular flexibility index (Phi) is 3.30. The molecule has 1 aliphatic carbocycles. The van der Waals surface area contributed by atoms with Gasteiger partial charge in [-0.1, -0.05) is 0 Å². The van der Waals surface area contributed by atoms with Gasteiger partial charge in [0, 0.05) is 0 Å². The maximum atomic E-state index is 9.57. The lowest BCUT2D eigenvalue weighted by atomic mass is 10.4. The highest BCUT2D eigenvalue weighted by Crippen LogP contribution is 2.31. The van der Waals surface area contributed by atoms with E-state index < -0.39 is 0 Å². The fraction of sp³-hybridized carbons (Fsp3) is 0.600. The molecule has 1 fully saturated rings. The summed E-state index contributed by atoms with van der Waals surface area (Å²) in [6.07, 6.45) is 5.98. The van der Waals surface area contributed by atoms with E-state index in [1.54, 1.807) is 18.0 Å². The highest BCUT2D eigenvalue weighted by molar-refractivity contribution is 7.97.